The standard InChI is InChI=1S/C47H66N2/c1-38-34-44(30-32-46(38)48)36-42-26-22-40(23-27-42)20-18-16-14-12-10-8-6-4-3-5-7-9-11-13-15-17-19-21-41-24-28-43(29-25-41)37-45-31-33-47(49)39(2)35-45/h22-35H,3-21,36-37,48-49H2,1-2H3. The third-order valence-corrected chi connectivity index (χ3v) is 10.5. The van der Waals surface area contributed by atoms with Crippen molar-refractivity contribution in [3.05, 3.63) is 129 Å². The van der Waals surface area contributed by atoms with E-state index in [1.54, 1.807) is 0 Å². The molecule has 0 fully saturated rings. The Balaban J connectivity index is 0.877. The summed E-state index contributed by atoms with van der Waals surface area (Å²) in [5, 5.41) is 0. The van der Waals surface area contributed by atoms with E-state index >= 15 is 0 Å². The van der Waals surface area contributed by atoms with Crippen LogP contribution in [0.3, 0.4) is 0 Å². The lowest BCUT2D eigenvalue weighted by Gasteiger charge is -2.07. The molecule has 0 bridgehead atoms. The summed E-state index contributed by atoms with van der Waals surface area (Å²) in [6, 6.07) is 31.3. The van der Waals surface area contributed by atoms with Gasteiger partial charge in [0.2, 0.25) is 0 Å². The van der Waals surface area contributed by atoms with Crippen LogP contribution in [-0.2, 0) is 25.7 Å². The highest BCUT2D eigenvalue weighted by Crippen LogP contribution is 2.20. The van der Waals surface area contributed by atoms with Gasteiger partial charge in [0.25, 0.3) is 0 Å². The van der Waals surface area contributed by atoms with Crippen LogP contribution >= 0.6 is 0 Å². The number of nitrogen functional groups attached to an aromatic ring is 2. The van der Waals surface area contributed by atoms with Gasteiger partial charge in [-0.25, -0.2) is 0 Å². The van der Waals surface area contributed by atoms with Crippen molar-refractivity contribution in [2.45, 2.75) is 149 Å². The van der Waals surface area contributed by atoms with Gasteiger partial charge in [-0.1, -0.05) is 169 Å². The van der Waals surface area contributed by atoms with Gasteiger partial charge in [-0.2, -0.15) is 0 Å². The Morgan fingerprint density at radius 3 is 0.837 bits per heavy atom. The molecule has 49 heavy (non-hydrogen) atoms. The van der Waals surface area contributed by atoms with Gasteiger partial charge in [0.05, 0.1) is 0 Å². The zero-order valence-electron chi connectivity index (χ0n) is 31.1. The lowest BCUT2D eigenvalue weighted by molar-refractivity contribution is 0.525. The van der Waals surface area contributed by atoms with Gasteiger partial charge in [0, 0.05) is 11.4 Å². The van der Waals surface area contributed by atoms with Crippen LogP contribution in [0.4, 0.5) is 11.4 Å². The fourth-order valence-electron chi connectivity index (χ4n) is 7.12. The predicted octanol–water partition coefficient (Wildman–Crippen LogP) is 13.1. The predicted molar refractivity (Wildman–Crippen MR) is 216 cm³/mol. The van der Waals surface area contributed by atoms with E-state index in [-0.39, 0.29) is 0 Å². The van der Waals surface area contributed by atoms with E-state index in [4.69, 9.17) is 11.5 Å². The molecule has 0 amide bonds. The second-order valence-corrected chi connectivity index (χ2v) is 14.9. The van der Waals surface area contributed by atoms with E-state index in [9.17, 15) is 0 Å². The molecule has 4 aromatic carbocycles. The Morgan fingerprint density at radius 2 is 0.551 bits per heavy atom. The lowest BCUT2D eigenvalue weighted by atomic mass is 9.99. The van der Waals surface area contributed by atoms with Crippen molar-refractivity contribution in [2.24, 2.45) is 0 Å². The Morgan fingerprint density at radius 1 is 0.306 bits per heavy atom. The molecule has 0 spiro atoms. The first kappa shape index (κ1) is 38.3. The molecule has 2 nitrogen and oxygen atoms in total. The quantitative estimate of drug-likeness (QED) is 0.0581. The van der Waals surface area contributed by atoms with E-state index in [0.717, 1.165) is 24.2 Å². The average Bonchev–Trinajstić information content (AvgIpc) is 3.10. The molecule has 0 atom stereocenters. The van der Waals surface area contributed by atoms with Crippen LogP contribution in [0.5, 0.6) is 0 Å². The first-order valence-electron chi connectivity index (χ1n) is 19.8. The van der Waals surface area contributed by atoms with Crippen molar-refractivity contribution in [3.63, 3.8) is 0 Å². The third-order valence-electron chi connectivity index (χ3n) is 10.5. The van der Waals surface area contributed by atoms with Crippen LogP contribution in [0.15, 0.2) is 84.9 Å². The Kier molecular flexibility index (Phi) is 17.4. The minimum absolute atomic E-state index is 0.879. The van der Waals surface area contributed by atoms with Gasteiger partial charge in [-0.15, -0.1) is 0 Å². The van der Waals surface area contributed by atoms with Gasteiger partial charge >= 0.3 is 0 Å². The number of unbranched alkanes of at least 4 members (excludes halogenated alkanes) is 16. The highest BCUT2D eigenvalue weighted by atomic mass is 14.6. The van der Waals surface area contributed by atoms with E-state index in [2.05, 4.69) is 86.6 Å². The molecule has 0 saturated heterocycles. The van der Waals surface area contributed by atoms with Crippen molar-refractivity contribution in [1.82, 2.24) is 0 Å². The molecule has 0 aliphatic heterocycles. The van der Waals surface area contributed by atoms with Crippen LogP contribution in [0.2, 0.25) is 0 Å². The van der Waals surface area contributed by atoms with Crippen LogP contribution in [-0.4, -0.2) is 0 Å². The molecule has 0 aliphatic rings. The van der Waals surface area contributed by atoms with Gasteiger partial charge in [-0.3, -0.25) is 0 Å². The first-order valence-corrected chi connectivity index (χ1v) is 19.8. The number of hydrogen-bond acceptors (Lipinski definition) is 2. The second kappa shape index (κ2) is 22.2. The van der Waals surface area contributed by atoms with Crippen LogP contribution in [0.1, 0.15) is 154 Å². The van der Waals surface area contributed by atoms with E-state index in [0.29, 0.717) is 0 Å². The smallest absolute Gasteiger partial charge is 0.0343 e. The van der Waals surface area contributed by atoms with Gasteiger partial charge in [0.1, 0.15) is 0 Å². The molecular weight excluding hydrogens is 593 g/mol. The molecule has 4 aromatic rings. The zero-order valence-corrected chi connectivity index (χ0v) is 31.1. The fraction of sp³-hybridized carbons (Fsp3) is 0.489. The molecule has 0 unspecified atom stereocenters. The Hall–Kier alpha value is -3.52. The summed E-state index contributed by atoms with van der Waals surface area (Å²) in [6.45, 7) is 4.17. The van der Waals surface area contributed by atoms with Crippen molar-refractivity contribution in [2.75, 3.05) is 11.5 Å². The third kappa shape index (κ3) is 15.3. The Bertz CT molecular complexity index is 1350. The van der Waals surface area contributed by atoms with Gasteiger partial charge in [-0.05, 0) is 109 Å². The molecule has 0 radical (unpaired) electrons. The minimum Gasteiger partial charge on any atom is -0.399 e. The zero-order chi connectivity index (χ0) is 34.5. The number of rotatable bonds is 24. The number of benzene rings is 4. The summed E-state index contributed by atoms with van der Waals surface area (Å²) in [4.78, 5) is 0. The van der Waals surface area contributed by atoms with E-state index < -0.39 is 0 Å². The molecule has 0 aliphatic carbocycles. The largest absolute Gasteiger partial charge is 0.399 e. The maximum absolute atomic E-state index is 5.96. The normalized spacial score (nSPS) is 11.3. The van der Waals surface area contributed by atoms with Crippen LogP contribution in [0, 0.1) is 13.8 Å². The fourth-order valence-corrected chi connectivity index (χ4v) is 7.12. The monoisotopic (exact) mass is 659 g/mol. The summed E-state index contributed by atoms with van der Waals surface area (Å²) < 4.78 is 0. The second-order valence-electron chi connectivity index (χ2n) is 14.9. The van der Waals surface area contributed by atoms with E-state index in [1.807, 2.05) is 12.1 Å². The van der Waals surface area contributed by atoms with Gasteiger partial charge in [0.15, 0.2) is 0 Å². The summed E-state index contributed by atoms with van der Waals surface area (Å²) in [5.41, 5.74) is 24.4. The number of anilines is 2. The molecular formula is C47H66N2. The molecule has 2 heteroatoms. The molecule has 0 aromatic heterocycles. The SMILES string of the molecule is Cc1cc(Cc2ccc(CCCCCCCCCCCCCCCCCCCc3ccc(Cc4ccc(N)c(C)c4)cc3)cc2)ccc1N. The number of hydrogen-bond donors (Lipinski definition) is 2. The maximum atomic E-state index is 5.96. The summed E-state index contributed by atoms with van der Waals surface area (Å²) in [5.74, 6) is 0. The van der Waals surface area contributed by atoms with Crippen molar-refractivity contribution >= 4 is 11.4 Å². The molecule has 4 N–H and O–H groups in total. The molecule has 264 valence electrons. The minimum atomic E-state index is 0.879. The topological polar surface area (TPSA) is 52.0 Å². The molecule has 0 saturated carbocycles. The lowest BCUT2D eigenvalue weighted by Crippen LogP contribution is -1.94. The summed E-state index contributed by atoms with van der Waals surface area (Å²) in [7, 11) is 0. The average molecular weight is 659 g/mol. The van der Waals surface area contributed by atoms with Gasteiger partial charge < -0.3 is 11.5 Å². The number of aryl methyl sites for hydroxylation is 4. The van der Waals surface area contributed by atoms with Crippen molar-refractivity contribution < 1.29 is 0 Å². The van der Waals surface area contributed by atoms with E-state index in [1.165, 1.54) is 167 Å². The van der Waals surface area contributed by atoms with Crippen LogP contribution in [0.25, 0.3) is 0 Å². The Labute approximate surface area is 300 Å². The van der Waals surface area contributed by atoms with Crippen molar-refractivity contribution in [3.8, 4) is 0 Å². The van der Waals surface area contributed by atoms with Crippen LogP contribution < -0.4 is 11.5 Å². The highest BCUT2D eigenvalue weighted by molar-refractivity contribution is 5.49. The maximum Gasteiger partial charge on any atom is 0.0343 e. The molecule has 4 rings (SSSR count). The van der Waals surface area contributed by atoms with Crippen molar-refractivity contribution in [1.29, 1.82) is 0 Å². The summed E-state index contributed by atoms with van der Waals surface area (Å²) >= 11 is 0. The number of nitrogens with two attached hydrogens (primary N) is 2. The first-order chi connectivity index (χ1) is 24.0. The highest BCUT2D eigenvalue weighted by Gasteiger charge is 2.03. The summed E-state index contributed by atoms with van der Waals surface area (Å²) in [6.07, 6.45) is 28.3. The molecule has 0 heterocycles.